The number of aryl methyl sites for hydroxylation is 2. The summed E-state index contributed by atoms with van der Waals surface area (Å²) in [5.41, 5.74) is 4.51. The molecule has 424 valence electrons. The number of hydrogen-bond acceptors (Lipinski definition) is 9. The van der Waals surface area contributed by atoms with E-state index in [1.807, 2.05) is 18.2 Å². The van der Waals surface area contributed by atoms with Crippen LogP contribution in [0.15, 0.2) is 122 Å². The molecule has 2 saturated heterocycles. The minimum absolute atomic E-state index is 0. The Hall–Kier alpha value is -4.87. The van der Waals surface area contributed by atoms with Crippen LogP contribution in [0.25, 0.3) is 0 Å². The molecule has 4 amide bonds. The fourth-order valence-corrected chi connectivity index (χ4v) is 14.0. The molecular weight excluding hydrogens is 1010 g/mol. The Kier molecular flexibility index (Phi) is 20.9. The standard InChI is InChI=1S/C32H45NO5Si.C32H43NO4Si.CH4/c1-22-25(17-16-23-12-8-7-9-13-23)28(18-19-34)37-29(22)20-24(38-39(5,6)32(2,3)4)21-33-30(35)26-14-10-11-15-27(26)31(33)36;1-8-28-25(19-18-23-14-10-9-11-15-23)22(2)29(36-28)20-24(37-38(6,7)32(3,4)5)21-33-30(34)26-16-12-13-17-27(26)31(33)35;/h7-15,22,24-25,28-29,34H,16-21H2,1-6H3;8-17,22,24-25,28-29H,1,18-21H2,2-7H3;1H4/t2*22-,24?,25?,28+,29-;/m11./s1. The maximum atomic E-state index is 13.2. The van der Waals surface area contributed by atoms with Crippen molar-refractivity contribution in [3.63, 3.8) is 0 Å². The Morgan fingerprint density at radius 1 is 0.551 bits per heavy atom. The molecule has 8 rings (SSSR count). The molecule has 10 atom stereocenters. The molecule has 78 heavy (non-hydrogen) atoms. The third-order valence-electron chi connectivity index (χ3n) is 18.0. The van der Waals surface area contributed by atoms with E-state index in [0.29, 0.717) is 59.3 Å². The highest BCUT2D eigenvalue weighted by atomic mass is 28.4. The lowest BCUT2D eigenvalue weighted by molar-refractivity contribution is -0.0113. The summed E-state index contributed by atoms with van der Waals surface area (Å²) in [6, 6.07) is 35.1. The average molecular weight is 1100 g/mol. The van der Waals surface area contributed by atoms with Gasteiger partial charge in [0.15, 0.2) is 16.6 Å². The van der Waals surface area contributed by atoms with E-state index in [-0.39, 0.29) is 103 Å². The summed E-state index contributed by atoms with van der Waals surface area (Å²) >= 11 is 0. The molecule has 11 nitrogen and oxygen atoms in total. The van der Waals surface area contributed by atoms with Crippen molar-refractivity contribution in [3.8, 4) is 0 Å². The number of fused-ring (bicyclic) bond motifs is 2. The minimum Gasteiger partial charge on any atom is -0.412 e. The van der Waals surface area contributed by atoms with E-state index < -0.39 is 16.6 Å². The summed E-state index contributed by atoms with van der Waals surface area (Å²) in [6.45, 7) is 31.2. The van der Waals surface area contributed by atoms with Crippen LogP contribution in [-0.4, -0.2) is 111 Å². The van der Waals surface area contributed by atoms with Crippen molar-refractivity contribution < 1.29 is 42.6 Å². The zero-order valence-corrected chi connectivity index (χ0v) is 50.1. The van der Waals surface area contributed by atoms with Crippen molar-refractivity contribution in [3.05, 3.63) is 155 Å². The summed E-state index contributed by atoms with van der Waals surface area (Å²) < 4.78 is 27.0. The molecule has 0 aliphatic carbocycles. The molecule has 0 spiro atoms. The molecule has 4 unspecified atom stereocenters. The average Bonchev–Trinajstić information content (AvgIpc) is 4.02. The van der Waals surface area contributed by atoms with Gasteiger partial charge in [-0.15, -0.1) is 6.58 Å². The summed E-state index contributed by atoms with van der Waals surface area (Å²) in [5.74, 6) is 0.254. The van der Waals surface area contributed by atoms with Gasteiger partial charge in [0, 0.05) is 19.4 Å². The van der Waals surface area contributed by atoms with Gasteiger partial charge in [-0.25, -0.2) is 0 Å². The summed E-state index contributed by atoms with van der Waals surface area (Å²) in [4.78, 5) is 55.6. The third-order valence-corrected chi connectivity index (χ3v) is 27.1. The van der Waals surface area contributed by atoms with Gasteiger partial charge in [0.2, 0.25) is 0 Å². The number of nitrogens with zero attached hydrogens (tertiary/aromatic N) is 2. The number of rotatable bonds is 21. The molecule has 13 heteroatoms. The van der Waals surface area contributed by atoms with E-state index in [1.54, 1.807) is 48.5 Å². The molecule has 0 radical (unpaired) electrons. The lowest BCUT2D eigenvalue weighted by atomic mass is 9.82. The van der Waals surface area contributed by atoms with E-state index in [0.717, 1.165) is 25.7 Å². The van der Waals surface area contributed by atoms with Crippen LogP contribution in [-0.2, 0) is 31.2 Å². The Morgan fingerprint density at radius 2 is 0.897 bits per heavy atom. The number of benzene rings is 4. The van der Waals surface area contributed by atoms with Crippen LogP contribution in [0.2, 0.25) is 36.3 Å². The minimum atomic E-state index is -2.21. The van der Waals surface area contributed by atoms with Crippen molar-refractivity contribution in [2.24, 2.45) is 23.7 Å². The highest BCUT2D eigenvalue weighted by Crippen LogP contribution is 2.44. The molecule has 1 N–H and O–H groups in total. The lowest BCUT2D eigenvalue weighted by Crippen LogP contribution is -2.49. The molecule has 2 fully saturated rings. The Labute approximate surface area is 469 Å². The smallest absolute Gasteiger partial charge is 0.261 e. The first-order valence-electron chi connectivity index (χ1n) is 28.2. The Morgan fingerprint density at radius 3 is 1.26 bits per heavy atom. The van der Waals surface area contributed by atoms with E-state index in [9.17, 15) is 24.3 Å². The van der Waals surface area contributed by atoms with Gasteiger partial charge in [-0.05, 0) is 127 Å². The molecule has 4 heterocycles. The second-order valence-corrected chi connectivity index (χ2v) is 34.7. The van der Waals surface area contributed by atoms with Crippen molar-refractivity contribution in [2.75, 3.05) is 19.7 Å². The normalized spacial score (nSPS) is 24.1. The van der Waals surface area contributed by atoms with E-state index in [1.165, 1.54) is 20.9 Å². The van der Waals surface area contributed by atoms with Crippen molar-refractivity contribution in [2.45, 2.75) is 181 Å². The van der Waals surface area contributed by atoms with Crippen molar-refractivity contribution >= 4 is 40.3 Å². The fraction of sp³-hybridized carbons (Fsp3) is 0.538. The number of aliphatic hydroxyl groups is 1. The second kappa shape index (κ2) is 26.2. The molecule has 4 aromatic rings. The van der Waals surface area contributed by atoms with Gasteiger partial charge >= 0.3 is 0 Å². The molecule has 0 aromatic heterocycles. The Bertz CT molecular complexity index is 2590. The van der Waals surface area contributed by atoms with E-state index in [2.05, 4.69) is 137 Å². The zero-order chi connectivity index (χ0) is 56.0. The van der Waals surface area contributed by atoms with Crippen LogP contribution in [0.5, 0.6) is 0 Å². The Balaban J connectivity index is 0.000000249. The first kappa shape index (κ1) is 62.3. The van der Waals surface area contributed by atoms with Gasteiger partial charge in [0.25, 0.3) is 23.6 Å². The van der Waals surface area contributed by atoms with Crippen molar-refractivity contribution in [1.29, 1.82) is 0 Å². The van der Waals surface area contributed by atoms with Gasteiger partial charge in [0.05, 0.1) is 72.0 Å². The van der Waals surface area contributed by atoms with E-state index >= 15 is 0 Å². The predicted molar refractivity (Wildman–Crippen MR) is 318 cm³/mol. The lowest BCUT2D eigenvalue weighted by Gasteiger charge is -2.40. The maximum Gasteiger partial charge on any atom is 0.261 e. The first-order chi connectivity index (χ1) is 36.3. The molecule has 4 aliphatic heterocycles. The first-order valence-corrected chi connectivity index (χ1v) is 34.1. The highest BCUT2D eigenvalue weighted by Gasteiger charge is 2.48. The van der Waals surface area contributed by atoms with Gasteiger partial charge in [-0.2, -0.15) is 0 Å². The predicted octanol–water partition coefficient (Wildman–Crippen LogP) is 13.6. The number of aliphatic hydroxyl groups excluding tert-OH is 1. The van der Waals surface area contributed by atoms with Crippen LogP contribution in [0.4, 0.5) is 0 Å². The van der Waals surface area contributed by atoms with Gasteiger partial charge < -0.3 is 23.4 Å². The summed E-state index contributed by atoms with van der Waals surface area (Å²) in [5, 5.41) is 9.76. The number of carbonyl (C=O) groups excluding carboxylic acids is 4. The molecular formula is C65H92N2O9Si2. The number of amides is 4. The maximum absolute atomic E-state index is 13.2. The van der Waals surface area contributed by atoms with Crippen LogP contribution in [0.1, 0.15) is 147 Å². The highest BCUT2D eigenvalue weighted by molar-refractivity contribution is 6.74. The van der Waals surface area contributed by atoms with Crippen LogP contribution in [0.3, 0.4) is 0 Å². The number of hydrogen-bond donors (Lipinski definition) is 1. The van der Waals surface area contributed by atoms with Crippen molar-refractivity contribution in [1.82, 2.24) is 9.80 Å². The molecule has 4 aromatic carbocycles. The van der Waals surface area contributed by atoms with Crippen LogP contribution in [0, 0.1) is 23.7 Å². The van der Waals surface area contributed by atoms with Gasteiger partial charge in [-0.3, -0.25) is 29.0 Å². The topological polar surface area (TPSA) is 132 Å². The summed E-state index contributed by atoms with van der Waals surface area (Å²) in [6.07, 6.45) is 6.94. The number of carbonyl (C=O) groups is 4. The molecule has 4 aliphatic rings. The fourth-order valence-electron chi connectivity index (χ4n) is 11.3. The number of imide groups is 2. The molecule has 0 bridgehead atoms. The summed E-state index contributed by atoms with van der Waals surface area (Å²) in [7, 11) is -4.40. The SMILES string of the molecule is C.C=C[C@@H]1O[C@H](CC(CN2C(=O)c3ccccc3C2=O)O[Si](C)(C)C(C)(C)C)[C@H](C)C1CCc1ccccc1.C[C@@H]1C(CCc2ccccc2)[C@H](CCO)O[C@@H]1CC(CN1C(=O)c2ccccc2C1=O)O[Si](C)(C)C(C)(C)C. The second-order valence-electron chi connectivity index (χ2n) is 25.2. The van der Waals surface area contributed by atoms with Crippen LogP contribution >= 0.6 is 0 Å². The van der Waals surface area contributed by atoms with Gasteiger partial charge in [0.1, 0.15) is 0 Å². The third kappa shape index (κ3) is 14.4. The molecule has 0 saturated carbocycles. The van der Waals surface area contributed by atoms with Crippen LogP contribution < -0.4 is 0 Å². The largest absolute Gasteiger partial charge is 0.412 e. The van der Waals surface area contributed by atoms with E-state index in [4.69, 9.17) is 18.3 Å². The quantitative estimate of drug-likeness (QED) is 0.0492. The monoisotopic (exact) mass is 1100 g/mol. The zero-order valence-electron chi connectivity index (χ0n) is 48.1. The van der Waals surface area contributed by atoms with Gasteiger partial charge in [-0.1, -0.05) is 154 Å². The number of ether oxygens (including phenoxy) is 2.